The van der Waals surface area contributed by atoms with E-state index in [2.05, 4.69) is 31.1 Å². The average molecular weight is 275 g/mol. The molecule has 0 unspecified atom stereocenters. The number of aromatic nitrogens is 2. The van der Waals surface area contributed by atoms with E-state index < -0.39 is 0 Å². The van der Waals surface area contributed by atoms with Gasteiger partial charge in [-0.1, -0.05) is 18.3 Å². The van der Waals surface area contributed by atoms with Gasteiger partial charge in [-0.05, 0) is 29.3 Å². The number of nitrogens with two attached hydrogens (primary N) is 1. The van der Waals surface area contributed by atoms with Crippen LogP contribution in [-0.2, 0) is 0 Å². The molecule has 0 amide bonds. The highest BCUT2D eigenvalue weighted by Gasteiger charge is 2.07. The van der Waals surface area contributed by atoms with E-state index in [1.54, 1.807) is 12.4 Å². The third-order valence-corrected chi connectivity index (χ3v) is 2.90. The number of hydrogen-bond donors (Lipinski definition) is 1. The molecule has 0 aromatic carbocycles. The summed E-state index contributed by atoms with van der Waals surface area (Å²) in [5, 5.41) is 8.43. The fraction of sp³-hybridized carbons (Fsp3) is 0.375. The second-order valence-corrected chi connectivity index (χ2v) is 4.37. The van der Waals surface area contributed by atoms with Crippen molar-refractivity contribution in [3.05, 3.63) is 16.2 Å². The first-order chi connectivity index (χ1) is 6.65. The first kappa shape index (κ1) is 11.3. The van der Waals surface area contributed by atoms with E-state index in [-0.39, 0.29) is 0 Å². The molecule has 0 aliphatic heterocycles. The van der Waals surface area contributed by atoms with Crippen molar-refractivity contribution in [3.8, 4) is 0 Å². The van der Waals surface area contributed by atoms with Crippen molar-refractivity contribution in [2.45, 2.75) is 20.3 Å². The molecule has 0 spiro atoms. The quantitative estimate of drug-likeness (QED) is 0.861. The van der Waals surface area contributed by atoms with Crippen molar-refractivity contribution in [1.82, 2.24) is 10.2 Å². The van der Waals surface area contributed by atoms with Gasteiger partial charge >= 0.3 is 0 Å². The Hall–Kier alpha value is -0.750. The molecule has 0 atom stereocenters. The van der Waals surface area contributed by atoms with Crippen LogP contribution in [0.5, 0.6) is 0 Å². The molecular weight excluding hydrogens is 264 g/mol. The van der Waals surface area contributed by atoms with Gasteiger partial charge in [0.2, 0.25) is 0 Å². The highest BCUT2D eigenvalue weighted by Crippen LogP contribution is 2.20. The number of nitrogens with zero attached hydrogens (tertiary/aromatic N) is 3. The van der Waals surface area contributed by atoms with E-state index in [0.29, 0.717) is 11.4 Å². The van der Waals surface area contributed by atoms with Crippen LogP contribution >= 0.6 is 27.3 Å². The van der Waals surface area contributed by atoms with Gasteiger partial charge in [0, 0.05) is 5.70 Å². The van der Waals surface area contributed by atoms with Crippen LogP contribution in [0, 0.1) is 0 Å². The summed E-state index contributed by atoms with van der Waals surface area (Å²) >= 11 is 4.77. The predicted molar refractivity (Wildman–Crippen MR) is 63.3 cm³/mol. The Balaban J connectivity index is 3.06. The van der Waals surface area contributed by atoms with Crippen molar-refractivity contribution in [2.75, 3.05) is 0 Å². The zero-order chi connectivity index (χ0) is 10.6. The minimum Gasteiger partial charge on any atom is -0.400 e. The van der Waals surface area contributed by atoms with Gasteiger partial charge in [-0.2, -0.15) is 0 Å². The number of halogens is 1. The van der Waals surface area contributed by atoms with Crippen molar-refractivity contribution >= 4 is 37.6 Å². The minimum absolute atomic E-state index is 0.646. The molecule has 0 fully saturated rings. The van der Waals surface area contributed by atoms with Crippen LogP contribution in [0.4, 0.5) is 0 Å². The smallest absolute Gasteiger partial charge is 0.167 e. The fourth-order valence-corrected chi connectivity index (χ4v) is 1.57. The summed E-state index contributed by atoms with van der Waals surface area (Å²) < 4.78 is 0.854. The predicted octanol–water partition coefficient (Wildman–Crippen LogP) is 2.39. The van der Waals surface area contributed by atoms with Gasteiger partial charge in [-0.25, -0.2) is 4.99 Å². The van der Waals surface area contributed by atoms with E-state index in [9.17, 15) is 0 Å². The Morgan fingerprint density at radius 1 is 1.71 bits per heavy atom. The van der Waals surface area contributed by atoms with E-state index in [4.69, 9.17) is 5.73 Å². The number of hydrogen-bond acceptors (Lipinski definition) is 5. The number of rotatable bonds is 3. The van der Waals surface area contributed by atoms with Crippen LogP contribution in [0.15, 0.2) is 16.2 Å². The van der Waals surface area contributed by atoms with E-state index in [1.807, 2.05) is 6.92 Å². The zero-order valence-corrected chi connectivity index (χ0v) is 10.4. The van der Waals surface area contributed by atoms with Crippen LogP contribution in [0.1, 0.15) is 25.3 Å². The minimum atomic E-state index is 0.646. The second kappa shape index (κ2) is 5.21. The molecule has 0 aliphatic rings. The second-order valence-electron chi connectivity index (χ2n) is 2.62. The highest BCUT2D eigenvalue weighted by molar-refractivity contribution is 9.18. The molecular formula is C8H11BrN4S. The van der Waals surface area contributed by atoms with Gasteiger partial charge in [-0.15, -0.1) is 10.2 Å². The normalized spacial score (nSPS) is 14.1. The standard InChI is InChI=1S/C8H11BrN4S/c1-3-6(9)12-7(5(2)10)8-13-11-4-14-8/h4H,3,10H2,1-2H3/b7-5+,12-6?. The molecule has 0 radical (unpaired) electrons. The van der Waals surface area contributed by atoms with Crippen LogP contribution in [0.25, 0.3) is 5.70 Å². The summed E-state index contributed by atoms with van der Waals surface area (Å²) in [6.07, 6.45) is 0.829. The molecule has 4 nitrogen and oxygen atoms in total. The molecule has 76 valence electrons. The summed E-state index contributed by atoms with van der Waals surface area (Å²) in [5.74, 6) is 0. The van der Waals surface area contributed by atoms with Gasteiger partial charge in [0.25, 0.3) is 0 Å². The molecule has 14 heavy (non-hydrogen) atoms. The maximum atomic E-state index is 5.72. The molecule has 1 aromatic heterocycles. The summed E-state index contributed by atoms with van der Waals surface area (Å²) in [6, 6.07) is 0. The summed E-state index contributed by atoms with van der Waals surface area (Å²) in [7, 11) is 0. The third-order valence-electron chi connectivity index (χ3n) is 1.46. The third kappa shape index (κ3) is 2.88. The molecule has 6 heteroatoms. The lowest BCUT2D eigenvalue weighted by Crippen LogP contribution is -1.98. The Bertz CT molecular complexity index is 351. The molecule has 0 bridgehead atoms. The molecule has 1 rings (SSSR count). The Labute approximate surface area is 95.1 Å². The Morgan fingerprint density at radius 2 is 2.43 bits per heavy atom. The van der Waals surface area contributed by atoms with Crippen LogP contribution in [-0.4, -0.2) is 14.8 Å². The molecule has 0 saturated heterocycles. The lowest BCUT2D eigenvalue weighted by atomic mass is 10.3. The number of aliphatic imine (C=N–C) groups is 1. The number of allylic oxidation sites excluding steroid dienone is 1. The van der Waals surface area contributed by atoms with Gasteiger partial charge in [0.1, 0.15) is 11.2 Å². The first-order valence-corrected chi connectivity index (χ1v) is 5.78. The van der Waals surface area contributed by atoms with E-state index >= 15 is 0 Å². The lowest BCUT2D eigenvalue weighted by molar-refractivity contribution is 1.06. The van der Waals surface area contributed by atoms with E-state index in [1.165, 1.54) is 11.3 Å². The van der Waals surface area contributed by atoms with Gasteiger partial charge < -0.3 is 5.73 Å². The highest BCUT2D eigenvalue weighted by atomic mass is 79.9. The monoisotopic (exact) mass is 274 g/mol. The van der Waals surface area contributed by atoms with Crippen molar-refractivity contribution in [2.24, 2.45) is 10.7 Å². The molecule has 1 aromatic rings. The fourth-order valence-electron chi connectivity index (χ4n) is 0.781. The molecule has 1 heterocycles. The lowest BCUT2D eigenvalue weighted by Gasteiger charge is -2.00. The van der Waals surface area contributed by atoms with E-state index in [0.717, 1.165) is 16.0 Å². The largest absolute Gasteiger partial charge is 0.400 e. The Morgan fingerprint density at radius 3 is 2.86 bits per heavy atom. The average Bonchev–Trinajstić information content (AvgIpc) is 2.65. The summed E-state index contributed by atoms with van der Waals surface area (Å²) in [5.41, 5.74) is 8.72. The SMILES string of the molecule is CCC(Br)=N/C(=C(\C)N)c1nncs1. The molecule has 0 aliphatic carbocycles. The van der Waals surface area contributed by atoms with Crippen LogP contribution < -0.4 is 5.73 Å². The van der Waals surface area contributed by atoms with Crippen LogP contribution in [0.2, 0.25) is 0 Å². The maximum Gasteiger partial charge on any atom is 0.167 e. The maximum absolute atomic E-state index is 5.72. The Kier molecular flexibility index (Phi) is 4.21. The van der Waals surface area contributed by atoms with Crippen molar-refractivity contribution in [1.29, 1.82) is 0 Å². The summed E-state index contributed by atoms with van der Waals surface area (Å²) in [6.45, 7) is 3.81. The van der Waals surface area contributed by atoms with Gasteiger partial charge in [-0.3, -0.25) is 0 Å². The first-order valence-electron chi connectivity index (χ1n) is 4.11. The van der Waals surface area contributed by atoms with Gasteiger partial charge in [0.15, 0.2) is 5.01 Å². The van der Waals surface area contributed by atoms with Crippen molar-refractivity contribution in [3.63, 3.8) is 0 Å². The topological polar surface area (TPSA) is 64.2 Å². The van der Waals surface area contributed by atoms with Crippen LogP contribution in [0.3, 0.4) is 0 Å². The van der Waals surface area contributed by atoms with Gasteiger partial charge in [0.05, 0.1) is 4.62 Å². The van der Waals surface area contributed by atoms with Crippen molar-refractivity contribution < 1.29 is 0 Å². The summed E-state index contributed by atoms with van der Waals surface area (Å²) in [4.78, 5) is 4.33. The molecule has 2 N–H and O–H groups in total. The molecule has 0 saturated carbocycles. The zero-order valence-electron chi connectivity index (χ0n) is 7.99.